The molecule has 0 aromatic carbocycles. The van der Waals surface area contributed by atoms with E-state index < -0.39 is 42.1 Å². The maximum absolute atomic E-state index is 12.3. The Balaban J connectivity index is 2.27. The Hall–Kier alpha value is -2.19. The standard InChI is InChI=1S/C27H42O8/c1-17-7-6-8-19(16-34-25(31)15-27(5,33)14-24(29)30)13-23(35-18(2)28)21-11-12-22(26(3,4)32)20(21)10-9-17/h7,13,20-23,32-33H,6,8-12,14-16H2,1-5H3,(H,29,30)/b17-7+,19-13-/t20-,21+,22-,23+,27+/m1/s1. The van der Waals surface area contributed by atoms with Crippen LogP contribution in [0.25, 0.3) is 0 Å². The molecule has 5 atom stereocenters. The first-order chi connectivity index (χ1) is 16.2. The van der Waals surface area contributed by atoms with Crippen LogP contribution >= 0.6 is 0 Å². The summed E-state index contributed by atoms with van der Waals surface area (Å²) in [6.07, 6.45) is 7.39. The van der Waals surface area contributed by atoms with Crippen molar-refractivity contribution in [1.82, 2.24) is 0 Å². The lowest BCUT2D eigenvalue weighted by Gasteiger charge is -2.35. The van der Waals surface area contributed by atoms with Gasteiger partial charge in [-0.1, -0.05) is 11.6 Å². The Bertz CT molecular complexity index is 833. The first-order valence-electron chi connectivity index (χ1n) is 12.5. The van der Waals surface area contributed by atoms with E-state index in [0.29, 0.717) is 6.42 Å². The lowest BCUT2D eigenvalue weighted by atomic mass is 9.75. The van der Waals surface area contributed by atoms with Gasteiger partial charge >= 0.3 is 17.9 Å². The van der Waals surface area contributed by atoms with Gasteiger partial charge in [0.05, 0.1) is 24.0 Å². The third-order valence-electron chi connectivity index (χ3n) is 7.22. The second-order valence-corrected chi connectivity index (χ2v) is 11.1. The second-order valence-electron chi connectivity index (χ2n) is 11.1. The number of carboxylic acid groups (broad SMARTS) is 1. The maximum atomic E-state index is 12.3. The van der Waals surface area contributed by atoms with Gasteiger partial charge in [-0.2, -0.15) is 0 Å². The molecule has 1 fully saturated rings. The minimum Gasteiger partial charge on any atom is -0.481 e. The highest BCUT2D eigenvalue weighted by molar-refractivity contribution is 5.74. The summed E-state index contributed by atoms with van der Waals surface area (Å²) in [4.78, 5) is 35.2. The molecule has 3 N–H and O–H groups in total. The van der Waals surface area contributed by atoms with Gasteiger partial charge in [0.2, 0.25) is 0 Å². The molecule has 0 aliphatic heterocycles. The quantitative estimate of drug-likeness (QED) is 0.342. The summed E-state index contributed by atoms with van der Waals surface area (Å²) in [7, 11) is 0. The Morgan fingerprint density at radius 3 is 2.31 bits per heavy atom. The highest BCUT2D eigenvalue weighted by Gasteiger charge is 2.46. The molecule has 2 rings (SSSR count). The van der Waals surface area contributed by atoms with Crippen LogP contribution in [0, 0.1) is 17.8 Å². The Morgan fingerprint density at radius 2 is 1.71 bits per heavy atom. The molecule has 198 valence electrons. The van der Waals surface area contributed by atoms with E-state index in [1.54, 1.807) is 0 Å². The van der Waals surface area contributed by atoms with Crippen molar-refractivity contribution in [2.75, 3.05) is 6.61 Å². The van der Waals surface area contributed by atoms with Crippen LogP contribution in [0.1, 0.15) is 86.0 Å². The van der Waals surface area contributed by atoms with Crippen LogP contribution in [-0.2, 0) is 23.9 Å². The van der Waals surface area contributed by atoms with E-state index in [4.69, 9.17) is 14.6 Å². The molecular formula is C27H42O8. The fourth-order valence-electron chi connectivity index (χ4n) is 5.60. The van der Waals surface area contributed by atoms with Crippen molar-refractivity contribution in [3.63, 3.8) is 0 Å². The number of esters is 2. The van der Waals surface area contributed by atoms with Crippen molar-refractivity contribution >= 4 is 17.9 Å². The number of allylic oxidation sites excluding steroid dienone is 2. The summed E-state index contributed by atoms with van der Waals surface area (Å²) in [5.74, 6) is -1.97. The number of carbonyl (C=O) groups excluding carboxylic acids is 2. The summed E-state index contributed by atoms with van der Waals surface area (Å²) in [5.41, 5.74) is -0.474. The highest BCUT2D eigenvalue weighted by Crippen LogP contribution is 2.48. The van der Waals surface area contributed by atoms with Crippen molar-refractivity contribution < 1.29 is 39.2 Å². The average molecular weight is 495 g/mol. The molecule has 0 spiro atoms. The van der Waals surface area contributed by atoms with Gasteiger partial charge < -0.3 is 24.8 Å². The zero-order valence-corrected chi connectivity index (χ0v) is 21.7. The van der Waals surface area contributed by atoms with Crippen molar-refractivity contribution in [2.24, 2.45) is 17.8 Å². The van der Waals surface area contributed by atoms with Crippen molar-refractivity contribution in [3.8, 4) is 0 Å². The van der Waals surface area contributed by atoms with Crippen LogP contribution in [0.5, 0.6) is 0 Å². The molecule has 2 aliphatic carbocycles. The van der Waals surface area contributed by atoms with E-state index in [1.807, 2.05) is 19.9 Å². The van der Waals surface area contributed by atoms with Crippen molar-refractivity contribution in [2.45, 2.75) is 103 Å². The minimum absolute atomic E-state index is 0.0288. The van der Waals surface area contributed by atoms with E-state index in [2.05, 4.69) is 13.0 Å². The number of rotatable bonds is 8. The molecule has 2 aliphatic rings. The predicted molar refractivity (Wildman–Crippen MR) is 130 cm³/mol. The van der Waals surface area contributed by atoms with Gasteiger partial charge in [-0.3, -0.25) is 14.4 Å². The van der Waals surface area contributed by atoms with Crippen LogP contribution in [0.2, 0.25) is 0 Å². The summed E-state index contributed by atoms with van der Waals surface area (Å²) >= 11 is 0. The summed E-state index contributed by atoms with van der Waals surface area (Å²) in [6.45, 7) is 8.42. The highest BCUT2D eigenvalue weighted by atomic mass is 16.5. The molecule has 0 radical (unpaired) electrons. The predicted octanol–water partition coefficient (Wildman–Crippen LogP) is 3.94. The fraction of sp³-hybridized carbons (Fsp3) is 0.741. The Labute approximate surface area is 208 Å². The molecule has 1 saturated carbocycles. The van der Waals surface area contributed by atoms with Gasteiger partial charge in [0, 0.05) is 12.8 Å². The summed E-state index contributed by atoms with van der Waals surface area (Å²) < 4.78 is 11.2. The number of hydrogen-bond acceptors (Lipinski definition) is 7. The third kappa shape index (κ3) is 9.41. The first kappa shape index (κ1) is 29.0. The van der Waals surface area contributed by atoms with Gasteiger partial charge in [0.25, 0.3) is 0 Å². The molecule has 0 heterocycles. The number of aliphatic carboxylic acids is 1. The molecule has 0 amide bonds. The van der Waals surface area contributed by atoms with Crippen molar-refractivity contribution in [1.29, 1.82) is 0 Å². The second kappa shape index (κ2) is 12.2. The molecule has 35 heavy (non-hydrogen) atoms. The maximum Gasteiger partial charge on any atom is 0.309 e. The van der Waals surface area contributed by atoms with Gasteiger partial charge in [0.15, 0.2) is 0 Å². The lowest BCUT2D eigenvalue weighted by Crippen LogP contribution is -2.37. The molecule has 0 unspecified atom stereocenters. The first-order valence-corrected chi connectivity index (χ1v) is 12.5. The average Bonchev–Trinajstić information content (AvgIpc) is 3.11. The molecule has 0 bridgehead atoms. The van der Waals surface area contributed by atoms with E-state index in [0.717, 1.165) is 37.7 Å². The third-order valence-corrected chi connectivity index (χ3v) is 7.22. The summed E-state index contributed by atoms with van der Waals surface area (Å²) in [5, 5.41) is 29.9. The summed E-state index contributed by atoms with van der Waals surface area (Å²) in [6, 6.07) is 0. The SMILES string of the molecule is CC(=O)O[C@H]1/C=C(\COC(=O)C[C@@](C)(O)CC(=O)O)CC/C=C(\C)CC[C@@H]2[C@@H]1CC[C@H]2C(C)(C)O. The lowest BCUT2D eigenvalue weighted by molar-refractivity contribution is -0.152. The number of carbonyl (C=O) groups is 3. The van der Waals surface area contributed by atoms with Gasteiger partial charge in [0.1, 0.15) is 12.7 Å². The smallest absolute Gasteiger partial charge is 0.309 e. The van der Waals surface area contributed by atoms with Crippen LogP contribution in [0.15, 0.2) is 23.3 Å². The van der Waals surface area contributed by atoms with E-state index in [1.165, 1.54) is 19.4 Å². The zero-order valence-electron chi connectivity index (χ0n) is 21.7. The van der Waals surface area contributed by atoms with E-state index >= 15 is 0 Å². The largest absolute Gasteiger partial charge is 0.481 e. The molecular weight excluding hydrogens is 452 g/mol. The van der Waals surface area contributed by atoms with Crippen LogP contribution < -0.4 is 0 Å². The Kier molecular flexibility index (Phi) is 10.1. The molecule has 0 aromatic heterocycles. The van der Waals surface area contributed by atoms with Gasteiger partial charge in [-0.15, -0.1) is 0 Å². The normalized spacial score (nSPS) is 30.4. The van der Waals surface area contributed by atoms with Gasteiger partial charge in [-0.25, -0.2) is 0 Å². The monoisotopic (exact) mass is 494 g/mol. The Morgan fingerprint density at radius 1 is 1.03 bits per heavy atom. The van der Waals surface area contributed by atoms with E-state index in [9.17, 15) is 24.6 Å². The number of carboxylic acids is 1. The molecule has 0 aromatic rings. The minimum atomic E-state index is -1.70. The number of fused-ring (bicyclic) bond motifs is 1. The topological polar surface area (TPSA) is 130 Å². The molecule has 8 nitrogen and oxygen atoms in total. The van der Waals surface area contributed by atoms with E-state index in [-0.39, 0.29) is 30.3 Å². The van der Waals surface area contributed by atoms with Crippen molar-refractivity contribution in [3.05, 3.63) is 23.3 Å². The molecule has 0 saturated heterocycles. The van der Waals surface area contributed by atoms with Crippen LogP contribution in [-0.4, -0.2) is 57.1 Å². The number of hydrogen-bond donors (Lipinski definition) is 3. The zero-order chi connectivity index (χ0) is 26.4. The number of aliphatic hydroxyl groups is 2. The fourth-order valence-corrected chi connectivity index (χ4v) is 5.60. The van der Waals surface area contributed by atoms with Crippen LogP contribution in [0.4, 0.5) is 0 Å². The van der Waals surface area contributed by atoms with Gasteiger partial charge in [-0.05, 0) is 89.7 Å². The number of ether oxygens (including phenoxy) is 2. The molecule has 8 heteroatoms. The van der Waals surface area contributed by atoms with Crippen LogP contribution in [0.3, 0.4) is 0 Å².